The van der Waals surface area contributed by atoms with Crippen molar-refractivity contribution < 1.29 is 4.79 Å². The average molecular weight is 343 g/mol. The summed E-state index contributed by atoms with van der Waals surface area (Å²) in [5.74, 6) is 2.27. The lowest BCUT2D eigenvalue weighted by Gasteiger charge is -2.22. The standard InChI is InChI=1S/C17H26N2OS.ClH/c1-13(2)10-16(18)17(20)19-9-8-14(11-19)12-21-15-6-4-3-5-7-15;/h3-7,13-14,16H,8-12,18H2,1-2H3;1H/t14?,16-;/m0./s1. The quantitative estimate of drug-likeness (QED) is 0.806. The highest BCUT2D eigenvalue weighted by Gasteiger charge is 2.29. The van der Waals surface area contributed by atoms with E-state index < -0.39 is 0 Å². The van der Waals surface area contributed by atoms with Gasteiger partial charge >= 0.3 is 0 Å². The van der Waals surface area contributed by atoms with E-state index in [9.17, 15) is 4.79 Å². The molecule has 1 aliphatic rings. The van der Waals surface area contributed by atoms with E-state index in [1.165, 1.54) is 4.90 Å². The Balaban J connectivity index is 0.00000242. The van der Waals surface area contributed by atoms with Gasteiger partial charge in [-0.2, -0.15) is 0 Å². The minimum Gasteiger partial charge on any atom is -0.341 e. The van der Waals surface area contributed by atoms with Gasteiger partial charge in [-0.05, 0) is 36.8 Å². The maximum atomic E-state index is 12.3. The summed E-state index contributed by atoms with van der Waals surface area (Å²) >= 11 is 1.88. The second-order valence-corrected chi connectivity index (χ2v) is 7.39. The van der Waals surface area contributed by atoms with Gasteiger partial charge in [-0.25, -0.2) is 0 Å². The fourth-order valence-corrected chi connectivity index (χ4v) is 3.79. The van der Waals surface area contributed by atoms with E-state index in [0.717, 1.165) is 31.7 Å². The highest BCUT2D eigenvalue weighted by Crippen LogP contribution is 2.26. The minimum absolute atomic E-state index is 0. The van der Waals surface area contributed by atoms with Crippen LogP contribution >= 0.6 is 24.2 Å². The molecule has 0 aromatic heterocycles. The lowest BCUT2D eigenvalue weighted by atomic mass is 10.0. The molecule has 2 N–H and O–H groups in total. The fraction of sp³-hybridized carbons (Fsp3) is 0.588. The second kappa shape index (κ2) is 9.43. The topological polar surface area (TPSA) is 46.3 Å². The molecule has 1 heterocycles. The summed E-state index contributed by atoms with van der Waals surface area (Å²) in [6.07, 6.45) is 1.87. The summed E-state index contributed by atoms with van der Waals surface area (Å²) in [6.45, 7) is 5.95. The first kappa shape index (κ1) is 19.3. The number of hydrogen-bond donors (Lipinski definition) is 1. The first-order chi connectivity index (χ1) is 10.1. The zero-order valence-electron chi connectivity index (χ0n) is 13.4. The third kappa shape index (κ3) is 5.82. The predicted molar refractivity (Wildman–Crippen MR) is 96.5 cm³/mol. The van der Waals surface area contributed by atoms with Crippen LogP contribution in [0.4, 0.5) is 0 Å². The summed E-state index contributed by atoms with van der Waals surface area (Å²) in [5, 5.41) is 0. The van der Waals surface area contributed by atoms with Crippen molar-refractivity contribution in [2.75, 3.05) is 18.8 Å². The van der Waals surface area contributed by atoms with Crippen LogP contribution in [0.2, 0.25) is 0 Å². The minimum atomic E-state index is -0.328. The highest BCUT2D eigenvalue weighted by atomic mass is 35.5. The maximum absolute atomic E-state index is 12.3. The number of amides is 1. The number of thioether (sulfide) groups is 1. The third-order valence-corrected chi connectivity index (χ3v) is 5.11. The number of hydrogen-bond acceptors (Lipinski definition) is 3. The number of carbonyl (C=O) groups excluding carboxylic acids is 1. The van der Waals surface area contributed by atoms with Gasteiger partial charge < -0.3 is 10.6 Å². The molecular weight excluding hydrogens is 316 g/mol. The van der Waals surface area contributed by atoms with E-state index in [1.807, 2.05) is 22.7 Å². The molecule has 2 atom stereocenters. The molecule has 0 saturated carbocycles. The molecule has 1 aliphatic heterocycles. The molecule has 2 rings (SSSR count). The van der Waals surface area contributed by atoms with Crippen molar-refractivity contribution in [3.63, 3.8) is 0 Å². The van der Waals surface area contributed by atoms with Gasteiger partial charge in [0.15, 0.2) is 0 Å². The molecule has 1 fully saturated rings. The summed E-state index contributed by atoms with van der Waals surface area (Å²) < 4.78 is 0. The van der Waals surface area contributed by atoms with Crippen molar-refractivity contribution in [1.29, 1.82) is 0 Å². The molecule has 1 aromatic rings. The van der Waals surface area contributed by atoms with Crippen LogP contribution in [0.25, 0.3) is 0 Å². The molecule has 3 nitrogen and oxygen atoms in total. The molecule has 0 radical (unpaired) electrons. The monoisotopic (exact) mass is 342 g/mol. The molecule has 5 heteroatoms. The number of rotatable bonds is 6. The van der Waals surface area contributed by atoms with Crippen LogP contribution < -0.4 is 5.73 Å². The van der Waals surface area contributed by atoms with Crippen LogP contribution in [0.3, 0.4) is 0 Å². The van der Waals surface area contributed by atoms with Crippen LogP contribution in [0.5, 0.6) is 0 Å². The lowest BCUT2D eigenvalue weighted by Crippen LogP contribution is -2.43. The van der Waals surface area contributed by atoms with E-state index in [2.05, 4.69) is 38.1 Å². The Morgan fingerprint density at radius 3 is 2.68 bits per heavy atom. The molecule has 1 aromatic carbocycles. The van der Waals surface area contributed by atoms with Gasteiger partial charge in [0.1, 0.15) is 0 Å². The number of benzene rings is 1. The van der Waals surface area contributed by atoms with E-state index >= 15 is 0 Å². The zero-order valence-corrected chi connectivity index (χ0v) is 15.0. The normalized spacial score (nSPS) is 19.1. The van der Waals surface area contributed by atoms with Gasteiger partial charge in [-0.3, -0.25) is 4.79 Å². The van der Waals surface area contributed by atoms with Crippen LogP contribution in [-0.4, -0.2) is 35.7 Å². The Bertz CT molecular complexity index is 455. The number of likely N-dealkylation sites (tertiary alicyclic amines) is 1. The zero-order chi connectivity index (χ0) is 15.2. The van der Waals surface area contributed by atoms with Gasteiger partial charge in [0.2, 0.25) is 5.91 Å². The first-order valence-corrected chi connectivity index (χ1v) is 8.77. The second-order valence-electron chi connectivity index (χ2n) is 6.30. The van der Waals surface area contributed by atoms with Gasteiger partial charge in [-0.1, -0.05) is 32.0 Å². The molecule has 1 saturated heterocycles. The summed E-state index contributed by atoms with van der Waals surface area (Å²) in [4.78, 5) is 15.6. The van der Waals surface area contributed by atoms with Gasteiger partial charge in [0.05, 0.1) is 6.04 Å². The third-order valence-electron chi connectivity index (χ3n) is 3.87. The van der Waals surface area contributed by atoms with Crippen molar-refractivity contribution in [3.05, 3.63) is 30.3 Å². The van der Waals surface area contributed by atoms with Gasteiger partial charge in [0.25, 0.3) is 0 Å². The Morgan fingerprint density at radius 2 is 2.05 bits per heavy atom. The van der Waals surface area contributed by atoms with Crippen LogP contribution in [-0.2, 0) is 4.79 Å². The Morgan fingerprint density at radius 1 is 1.36 bits per heavy atom. The molecule has 0 spiro atoms. The fourth-order valence-electron chi connectivity index (χ4n) is 2.74. The van der Waals surface area contributed by atoms with Crippen LogP contribution in [0.1, 0.15) is 26.7 Å². The number of nitrogens with zero attached hydrogens (tertiary/aromatic N) is 1. The number of halogens is 1. The molecule has 22 heavy (non-hydrogen) atoms. The Hall–Kier alpha value is -0.710. The van der Waals surface area contributed by atoms with E-state index in [-0.39, 0.29) is 24.4 Å². The van der Waals surface area contributed by atoms with Gasteiger partial charge in [0, 0.05) is 23.7 Å². The van der Waals surface area contributed by atoms with E-state index in [0.29, 0.717) is 11.8 Å². The van der Waals surface area contributed by atoms with Crippen molar-refractivity contribution in [1.82, 2.24) is 4.90 Å². The molecule has 0 bridgehead atoms. The Kier molecular flexibility index (Phi) is 8.29. The summed E-state index contributed by atoms with van der Waals surface area (Å²) in [5.41, 5.74) is 6.01. The molecule has 1 unspecified atom stereocenters. The SMILES string of the molecule is CC(C)C[C@H](N)C(=O)N1CCC(CSc2ccccc2)C1.Cl. The predicted octanol–water partition coefficient (Wildman–Crippen LogP) is 3.42. The summed E-state index contributed by atoms with van der Waals surface area (Å²) in [7, 11) is 0. The lowest BCUT2D eigenvalue weighted by molar-refractivity contribution is -0.132. The summed E-state index contributed by atoms with van der Waals surface area (Å²) in [6, 6.07) is 10.1. The smallest absolute Gasteiger partial charge is 0.239 e. The van der Waals surface area contributed by atoms with Crippen molar-refractivity contribution in [2.24, 2.45) is 17.6 Å². The molecule has 0 aliphatic carbocycles. The van der Waals surface area contributed by atoms with Crippen LogP contribution in [0, 0.1) is 11.8 Å². The van der Waals surface area contributed by atoms with Gasteiger partial charge in [-0.15, -0.1) is 24.2 Å². The highest BCUT2D eigenvalue weighted by molar-refractivity contribution is 7.99. The van der Waals surface area contributed by atoms with Crippen molar-refractivity contribution in [3.8, 4) is 0 Å². The van der Waals surface area contributed by atoms with Crippen LogP contribution in [0.15, 0.2) is 35.2 Å². The van der Waals surface area contributed by atoms with E-state index in [1.54, 1.807) is 0 Å². The number of carbonyl (C=O) groups is 1. The molecule has 1 amide bonds. The largest absolute Gasteiger partial charge is 0.341 e. The maximum Gasteiger partial charge on any atom is 0.239 e. The molecule has 124 valence electrons. The molecular formula is C17H27ClN2OS. The number of nitrogens with two attached hydrogens (primary N) is 1. The Labute approximate surface area is 144 Å². The first-order valence-electron chi connectivity index (χ1n) is 7.78. The average Bonchev–Trinajstić information content (AvgIpc) is 2.93. The van der Waals surface area contributed by atoms with Crippen molar-refractivity contribution >= 4 is 30.1 Å². The van der Waals surface area contributed by atoms with Crippen molar-refractivity contribution in [2.45, 2.75) is 37.6 Å². The van der Waals surface area contributed by atoms with E-state index in [4.69, 9.17) is 5.73 Å².